The molecule has 1 aliphatic carbocycles. The largest absolute Gasteiger partial charge is 0.489 e. The zero-order chi connectivity index (χ0) is 31.3. The second kappa shape index (κ2) is 13.1. The number of fused-ring (bicyclic) bond motifs is 1. The van der Waals surface area contributed by atoms with Crippen molar-refractivity contribution in [3.05, 3.63) is 118 Å². The zero-order valence-corrected chi connectivity index (χ0v) is 26.0. The number of nitrogens with one attached hydrogen (secondary N) is 2. The molecule has 0 spiro atoms. The third kappa shape index (κ3) is 7.59. The molecule has 2 N–H and O–H groups in total. The first-order valence-corrected chi connectivity index (χ1v) is 16.4. The summed E-state index contributed by atoms with van der Waals surface area (Å²) in [5.74, 6) is -0.181. The number of amides is 1. The first-order chi connectivity index (χ1) is 21.0. The average molecular weight is 633 g/mol. The standard InChI is InChI=1S/C34H33ClN2O6S/c1-3-42-33(39)34(20-26-11-10-25(19-28(26)21-34)24-12-14-29(35)15-13-24)36-32(38)18-23-8-16-30(17-9-23)43-22-27-6-4-5-7-31(27)37-44(2,40)41/h4-17,19,37H,3,18,20-22H2,1-2H3,(H,36,38). The molecule has 0 saturated carbocycles. The van der Waals surface area contributed by atoms with Gasteiger partial charge in [-0.1, -0.05) is 72.3 Å². The summed E-state index contributed by atoms with van der Waals surface area (Å²) in [6.07, 6.45) is 1.83. The molecule has 228 valence electrons. The summed E-state index contributed by atoms with van der Waals surface area (Å²) in [6, 6.07) is 27.7. The van der Waals surface area contributed by atoms with E-state index in [-0.39, 0.29) is 25.5 Å². The molecular formula is C34H33ClN2O6S. The summed E-state index contributed by atoms with van der Waals surface area (Å²) >= 11 is 6.05. The van der Waals surface area contributed by atoms with E-state index in [9.17, 15) is 18.0 Å². The molecule has 0 fully saturated rings. The lowest BCUT2D eigenvalue weighted by Gasteiger charge is -2.28. The topological polar surface area (TPSA) is 111 Å². The summed E-state index contributed by atoms with van der Waals surface area (Å²) in [5, 5.41) is 3.67. The molecule has 5 rings (SSSR count). The Bertz CT molecular complexity index is 1770. The normalized spacial score (nSPS) is 15.7. The zero-order valence-electron chi connectivity index (χ0n) is 24.4. The molecule has 1 atom stereocenters. The molecule has 1 aliphatic rings. The Morgan fingerprint density at radius 1 is 0.886 bits per heavy atom. The van der Waals surface area contributed by atoms with Gasteiger partial charge in [-0.05, 0) is 65.1 Å². The van der Waals surface area contributed by atoms with E-state index in [4.69, 9.17) is 21.1 Å². The maximum atomic E-state index is 13.3. The van der Waals surface area contributed by atoms with Crippen LogP contribution in [0.2, 0.25) is 5.02 Å². The van der Waals surface area contributed by atoms with Gasteiger partial charge in [0.1, 0.15) is 17.9 Å². The number of halogens is 1. The van der Waals surface area contributed by atoms with Crippen molar-refractivity contribution >= 4 is 39.2 Å². The number of esters is 1. The van der Waals surface area contributed by atoms with Gasteiger partial charge in [0, 0.05) is 23.4 Å². The summed E-state index contributed by atoms with van der Waals surface area (Å²) < 4.78 is 37.1. The Balaban J connectivity index is 1.24. The van der Waals surface area contributed by atoms with E-state index in [1.54, 1.807) is 55.5 Å². The molecule has 44 heavy (non-hydrogen) atoms. The summed E-state index contributed by atoms with van der Waals surface area (Å²) in [5.41, 5.74) is 4.68. The molecule has 0 radical (unpaired) electrons. The Hall–Kier alpha value is -4.34. The Labute approximate surface area is 262 Å². The van der Waals surface area contributed by atoms with Crippen LogP contribution in [0.4, 0.5) is 5.69 Å². The van der Waals surface area contributed by atoms with Gasteiger partial charge in [0.05, 0.1) is 25.0 Å². The van der Waals surface area contributed by atoms with Crippen LogP contribution in [0.1, 0.15) is 29.2 Å². The molecule has 1 amide bonds. The van der Waals surface area contributed by atoms with Crippen molar-refractivity contribution < 1.29 is 27.5 Å². The summed E-state index contributed by atoms with van der Waals surface area (Å²) in [6.45, 7) is 2.11. The highest BCUT2D eigenvalue weighted by molar-refractivity contribution is 7.92. The van der Waals surface area contributed by atoms with Crippen LogP contribution in [0, 0.1) is 0 Å². The number of ether oxygens (including phenoxy) is 2. The van der Waals surface area contributed by atoms with Crippen LogP contribution in [-0.4, -0.2) is 38.7 Å². The van der Waals surface area contributed by atoms with Gasteiger partial charge in [-0.2, -0.15) is 0 Å². The number of para-hydroxylation sites is 1. The van der Waals surface area contributed by atoms with E-state index in [1.807, 2.05) is 36.4 Å². The number of sulfonamides is 1. The smallest absolute Gasteiger partial charge is 0.332 e. The second-order valence-electron chi connectivity index (χ2n) is 10.8. The molecule has 0 heterocycles. The lowest BCUT2D eigenvalue weighted by atomic mass is 9.95. The molecule has 0 aliphatic heterocycles. The highest BCUT2D eigenvalue weighted by Gasteiger charge is 2.46. The van der Waals surface area contributed by atoms with Crippen LogP contribution in [0.25, 0.3) is 11.1 Å². The van der Waals surface area contributed by atoms with Gasteiger partial charge in [0.25, 0.3) is 0 Å². The summed E-state index contributed by atoms with van der Waals surface area (Å²) in [4.78, 5) is 26.5. The average Bonchev–Trinajstić information content (AvgIpc) is 3.35. The highest BCUT2D eigenvalue weighted by atomic mass is 35.5. The van der Waals surface area contributed by atoms with Gasteiger partial charge in [-0.15, -0.1) is 0 Å². The van der Waals surface area contributed by atoms with Crippen LogP contribution in [0.15, 0.2) is 91.0 Å². The third-order valence-corrected chi connectivity index (χ3v) is 8.25. The predicted molar refractivity (Wildman–Crippen MR) is 171 cm³/mol. The van der Waals surface area contributed by atoms with E-state index >= 15 is 0 Å². The minimum absolute atomic E-state index is 0.0644. The van der Waals surface area contributed by atoms with Gasteiger partial charge >= 0.3 is 5.97 Å². The number of hydrogen-bond donors (Lipinski definition) is 2. The minimum atomic E-state index is -3.43. The molecule has 4 aromatic rings. The fourth-order valence-corrected chi connectivity index (χ4v) is 6.08. The predicted octanol–water partition coefficient (Wildman–Crippen LogP) is 5.72. The monoisotopic (exact) mass is 632 g/mol. The maximum Gasteiger partial charge on any atom is 0.332 e. The van der Waals surface area contributed by atoms with Gasteiger partial charge in [-0.3, -0.25) is 9.52 Å². The number of carbonyl (C=O) groups excluding carboxylic acids is 2. The van der Waals surface area contributed by atoms with Gasteiger partial charge in [0.15, 0.2) is 0 Å². The molecular weight excluding hydrogens is 600 g/mol. The third-order valence-electron chi connectivity index (χ3n) is 7.41. The van der Waals surface area contributed by atoms with E-state index in [0.29, 0.717) is 34.9 Å². The van der Waals surface area contributed by atoms with Crippen molar-refractivity contribution in [1.29, 1.82) is 0 Å². The van der Waals surface area contributed by atoms with Crippen LogP contribution in [0.3, 0.4) is 0 Å². The van der Waals surface area contributed by atoms with Crippen LogP contribution >= 0.6 is 11.6 Å². The maximum absolute atomic E-state index is 13.3. The number of hydrogen-bond acceptors (Lipinski definition) is 6. The SMILES string of the molecule is CCOC(=O)C1(NC(=O)Cc2ccc(OCc3ccccc3NS(C)(=O)=O)cc2)Cc2ccc(-c3ccc(Cl)cc3)cc2C1. The van der Waals surface area contributed by atoms with Crippen molar-refractivity contribution in [2.75, 3.05) is 17.6 Å². The molecule has 10 heteroatoms. The number of rotatable bonds is 11. The van der Waals surface area contributed by atoms with Gasteiger partial charge < -0.3 is 14.8 Å². The first kappa shape index (κ1) is 31.1. The molecule has 8 nitrogen and oxygen atoms in total. The van der Waals surface area contributed by atoms with Gasteiger partial charge in [0.2, 0.25) is 15.9 Å². The van der Waals surface area contributed by atoms with Crippen LogP contribution in [0.5, 0.6) is 5.75 Å². The van der Waals surface area contributed by atoms with E-state index < -0.39 is 21.5 Å². The molecule has 0 aromatic heterocycles. The van der Waals surface area contributed by atoms with E-state index in [2.05, 4.69) is 16.1 Å². The fraction of sp³-hybridized carbons (Fsp3) is 0.235. The quantitative estimate of drug-likeness (QED) is 0.205. The summed E-state index contributed by atoms with van der Waals surface area (Å²) in [7, 11) is -3.43. The van der Waals surface area contributed by atoms with E-state index in [1.165, 1.54) is 0 Å². The molecule has 0 saturated heterocycles. The lowest BCUT2D eigenvalue weighted by Crippen LogP contribution is -2.56. The van der Waals surface area contributed by atoms with Crippen molar-refractivity contribution in [3.8, 4) is 16.9 Å². The van der Waals surface area contributed by atoms with Crippen LogP contribution in [-0.2, 0) is 50.2 Å². The van der Waals surface area contributed by atoms with Crippen LogP contribution < -0.4 is 14.8 Å². The fourth-order valence-electron chi connectivity index (χ4n) is 5.36. The van der Waals surface area contributed by atoms with Crippen molar-refractivity contribution in [1.82, 2.24) is 5.32 Å². The van der Waals surface area contributed by atoms with E-state index in [0.717, 1.165) is 34.1 Å². The second-order valence-corrected chi connectivity index (χ2v) is 13.0. The molecule has 1 unspecified atom stereocenters. The Kier molecular flexibility index (Phi) is 9.27. The Morgan fingerprint density at radius 3 is 2.27 bits per heavy atom. The number of anilines is 1. The molecule has 4 aromatic carbocycles. The number of carbonyl (C=O) groups is 2. The Morgan fingerprint density at radius 2 is 1.57 bits per heavy atom. The minimum Gasteiger partial charge on any atom is -0.489 e. The van der Waals surface area contributed by atoms with Crippen molar-refractivity contribution in [3.63, 3.8) is 0 Å². The van der Waals surface area contributed by atoms with Crippen molar-refractivity contribution in [2.45, 2.75) is 38.3 Å². The lowest BCUT2D eigenvalue weighted by molar-refractivity contribution is -0.153. The number of benzene rings is 4. The molecule has 0 bridgehead atoms. The highest BCUT2D eigenvalue weighted by Crippen LogP contribution is 2.35. The van der Waals surface area contributed by atoms with Crippen molar-refractivity contribution in [2.24, 2.45) is 0 Å². The first-order valence-electron chi connectivity index (χ1n) is 14.2. The van der Waals surface area contributed by atoms with Gasteiger partial charge in [-0.25, -0.2) is 13.2 Å².